The summed E-state index contributed by atoms with van der Waals surface area (Å²) in [6, 6.07) is -1.59. The van der Waals surface area contributed by atoms with Crippen LogP contribution in [-0.4, -0.2) is 45.3 Å². The molecule has 1 unspecified atom stereocenters. The van der Waals surface area contributed by atoms with Crippen molar-refractivity contribution in [2.45, 2.75) is 25.5 Å². The number of amides is 1. The number of aliphatic carboxylic acids is 2. The van der Waals surface area contributed by atoms with E-state index in [2.05, 4.69) is 0 Å². The van der Waals surface area contributed by atoms with Gasteiger partial charge in [-0.15, -0.1) is 0 Å². The van der Waals surface area contributed by atoms with Gasteiger partial charge in [0, 0.05) is 6.92 Å². The van der Waals surface area contributed by atoms with E-state index in [0.29, 0.717) is 0 Å². The van der Waals surface area contributed by atoms with Gasteiger partial charge >= 0.3 is 11.9 Å². The van der Waals surface area contributed by atoms with Crippen LogP contribution in [0.2, 0.25) is 0 Å². The Morgan fingerprint density at radius 2 is 1.79 bits per heavy atom. The van der Waals surface area contributed by atoms with Gasteiger partial charge in [-0.3, -0.25) is 9.59 Å². The zero-order valence-electron chi connectivity index (χ0n) is 7.43. The van der Waals surface area contributed by atoms with E-state index in [0.717, 1.165) is 6.92 Å². The predicted octanol–water partition coefficient (Wildman–Crippen LogP) is -1.59. The SMILES string of the molecule is CC(=O)NC(C(=O)O)[C@H](O)CC(=O)O. The summed E-state index contributed by atoms with van der Waals surface area (Å²) in [7, 11) is 0. The predicted molar refractivity (Wildman–Crippen MR) is 43.5 cm³/mol. The zero-order valence-corrected chi connectivity index (χ0v) is 7.43. The molecular weight excluding hydrogens is 194 g/mol. The molecule has 0 aromatic carbocycles. The molecule has 0 heterocycles. The molecule has 0 rings (SSSR count). The zero-order chi connectivity index (χ0) is 11.3. The van der Waals surface area contributed by atoms with Crippen LogP contribution < -0.4 is 5.32 Å². The molecule has 0 radical (unpaired) electrons. The van der Waals surface area contributed by atoms with Gasteiger partial charge in [-0.05, 0) is 0 Å². The Hall–Kier alpha value is -1.63. The highest BCUT2D eigenvalue weighted by atomic mass is 16.4. The summed E-state index contributed by atoms with van der Waals surface area (Å²) < 4.78 is 0. The average Bonchev–Trinajstić information content (AvgIpc) is 1.97. The summed E-state index contributed by atoms with van der Waals surface area (Å²) in [5.41, 5.74) is 0. The molecule has 0 aromatic heterocycles. The maximum absolute atomic E-state index is 10.5. The first-order valence-electron chi connectivity index (χ1n) is 3.74. The van der Waals surface area contributed by atoms with Crippen LogP contribution in [0.4, 0.5) is 0 Å². The van der Waals surface area contributed by atoms with Gasteiger partial charge in [0.2, 0.25) is 5.91 Å². The minimum absolute atomic E-state index is 0.651. The molecule has 1 amide bonds. The molecule has 0 bridgehead atoms. The molecule has 0 saturated heterocycles. The van der Waals surface area contributed by atoms with Crippen molar-refractivity contribution in [1.29, 1.82) is 0 Å². The van der Waals surface area contributed by atoms with Gasteiger partial charge < -0.3 is 20.6 Å². The normalized spacial score (nSPS) is 14.1. The summed E-state index contributed by atoms with van der Waals surface area (Å²) in [6.07, 6.45) is -2.38. The van der Waals surface area contributed by atoms with Crippen LogP contribution in [0.15, 0.2) is 0 Å². The average molecular weight is 205 g/mol. The number of hydrogen-bond donors (Lipinski definition) is 4. The van der Waals surface area contributed by atoms with Gasteiger partial charge in [0.25, 0.3) is 0 Å². The second-order valence-corrected chi connectivity index (χ2v) is 2.68. The Morgan fingerprint density at radius 1 is 1.29 bits per heavy atom. The van der Waals surface area contributed by atoms with E-state index < -0.39 is 36.4 Å². The van der Waals surface area contributed by atoms with Crippen molar-refractivity contribution in [3.05, 3.63) is 0 Å². The summed E-state index contributed by atoms with van der Waals surface area (Å²) in [4.78, 5) is 31.2. The van der Waals surface area contributed by atoms with E-state index in [1.807, 2.05) is 5.32 Å². The second-order valence-electron chi connectivity index (χ2n) is 2.68. The molecule has 7 nitrogen and oxygen atoms in total. The number of carboxylic acids is 2. The monoisotopic (exact) mass is 205 g/mol. The summed E-state index contributed by atoms with van der Waals surface area (Å²) in [5.74, 6) is -3.47. The van der Waals surface area contributed by atoms with Gasteiger partial charge in [0.1, 0.15) is 0 Å². The molecule has 0 saturated carbocycles. The fraction of sp³-hybridized carbons (Fsp3) is 0.571. The molecule has 2 atom stereocenters. The van der Waals surface area contributed by atoms with Crippen molar-refractivity contribution < 1.29 is 29.7 Å². The molecule has 0 aliphatic rings. The number of carboxylic acid groups (broad SMARTS) is 2. The number of carbonyl (C=O) groups is 3. The Morgan fingerprint density at radius 3 is 2.07 bits per heavy atom. The maximum atomic E-state index is 10.5. The Balaban J connectivity index is 4.40. The van der Waals surface area contributed by atoms with Gasteiger partial charge in [0.05, 0.1) is 12.5 Å². The summed E-state index contributed by atoms with van der Waals surface area (Å²) >= 11 is 0. The Bertz CT molecular complexity index is 251. The third kappa shape index (κ3) is 4.41. The number of carbonyl (C=O) groups excluding carboxylic acids is 1. The highest BCUT2D eigenvalue weighted by molar-refractivity contribution is 5.83. The molecule has 80 valence electrons. The van der Waals surface area contributed by atoms with Crippen LogP contribution in [-0.2, 0) is 14.4 Å². The number of aliphatic hydroxyl groups excluding tert-OH is 1. The van der Waals surface area contributed by atoms with Crippen LogP contribution in [0, 0.1) is 0 Å². The fourth-order valence-corrected chi connectivity index (χ4v) is 0.838. The van der Waals surface area contributed by atoms with E-state index >= 15 is 0 Å². The van der Waals surface area contributed by atoms with Crippen molar-refractivity contribution in [2.75, 3.05) is 0 Å². The lowest BCUT2D eigenvalue weighted by Gasteiger charge is -2.17. The van der Waals surface area contributed by atoms with Crippen molar-refractivity contribution in [3.63, 3.8) is 0 Å². The van der Waals surface area contributed by atoms with E-state index in [-0.39, 0.29) is 0 Å². The van der Waals surface area contributed by atoms with Crippen molar-refractivity contribution >= 4 is 17.8 Å². The molecule has 0 aliphatic carbocycles. The number of aliphatic hydroxyl groups is 1. The largest absolute Gasteiger partial charge is 0.481 e. The standard InChI is InChI=1S/C7H11NO6/c1-3(9)8-6(7(13)14)4(10)2-5(11)12/h4,6,10H,2H2,1H3,(H,8,9)(H,11,12)(H,13,14)/t4-,6?/m1/s1. The highest BCUT2D eigenvalue weighted by Gasteiger charge is 2.28. The fourth-order valence-electron chi connectivity index (χ4n) is 0.838. The van der Waals surface area contributed by atoms with E-state index in [1.54, 1.807) is 0 Å². The van der Waals surface area contributed by atoms with Crippen molar-refractivity contribution in [3.8, 4) is 0 Å². The Labute approximate surface area is 79.3 Å². The van der Waals surface area contributed by atoms with Crippen LogP contribution >= 0.6 is 0 Å². The molecule has 0 fully saturated rings. The highest BCUT2D eigenvalue weighted by Crippen LogP contribution is 1.99. The van der Waals surface area contributed by atoms with Crippen LogP contribution in [0.1, 0.15) is 13.3 Å². The molecule has 7 heteroatoms. The van der Waals surface area contributed by atoms with Crippen molar-refractivity contribution in [2.24, 2.45) is 0 Å². The minimum Gasteiger partial charge on any atom is -0.481 e. The van der Waals surface area contributed by atoms with E-state index in [9.17, 15) is 14.4 Å². The van der Waals surface area contributed by atoms with Gasteiger partial charge in [-0.25, -0.2) is 4.79 Å². The molecule has 0 spiro atoms. The molecule has 0 aliphatic heterocycles. The van der Waals surface area contributed by atoms with Crippen LogP contribution in [0.25, 0.3) is 0 Å². The van der Waals surface area contributed by atoms with Gasteiger partial charge in [-0.2, -0.15) is 0 Å². The first-order valence-corrected chi connectivity index (χ1v) is 3.74. The minimum atomic E-state index is -1.64. The van der Waals surface area contributed by atoms with E-state index in [1.165, 1.54) is 0 Å². The number of rotatable bonds is 5. The first-order chi connectivity index (χ1) is 6.34. The van der Waals surface area contributed by atoms with Crippen molar-refractivity contribution in [1.82, 2.24) is 5.32 Å². The quantitative estimate of drug-likeness (QED) is 0.429. The molecular formula is C7H11NO6. The number of hydrogen-bond acceptors (Lipinski definition) is 4. The third-order valence-electron chi connectivity index (χ3n) is 1.39. The third-order valence-corrected chi connectivity index (χ3v) is 1.39. The smallest absolute Gasteiger partial charge is 0.328 e. The second kappa shape index (κ2) is 5.18. The molecule has 0 aromatic rings. The first kappa shape index (κ1) is 12.4. The van der Waals surface area contributed by atoms with Crippen LogP contribution in [0.3, 0.4) is 0 Å². The van der Waals surface area contributed by atoms with Gasteiger partial charge in [-0.1, -0.05) is 0 Å². The lowest BCUT2D eigenvalue weighted by atomic mass is 10.1. The molecule has 14 heavy (non-hydrogen) atoms. The lowest BCUT2D eigenvalue weighted by molar-refractivity contribution is -0.147. The van der Waals surface area contributed by atoms with Gasteiger partial charge in [0.15, 0.2) is 6.04 Å². The summed E-state index contributed by atoms with van der Waals surface area (Å²) in [5, 5.41) is 27.9. The lowest BCUT2D eigenvalue weighted by Crippen LogP contribution is -2.48. The number of nitrogens with one attached hydrogen (secondary N) is 1. The summed E-state index contributed by atoms with van der Waals surface area (Å²) in [6.45, 7) is 1.07. The topological polar surface area (TPSA) is 124 Å². The van der Waals surface area contributed by atoms with Crippen LogP contribution in [0.5, 0.6) is 0 Å². The molecule has 4 N–H and O–H groups in total. The maximum Gasteiger partial charge on any atom is 0.328 e. The van der Waals surface area contributed by atoms with E-state index in [4.69, 9.17) is 15.3 Å². The Kier molecular flexibility index (Phi) is 4.57.